The van der Waals surface area contributed by atoms with E-state index in [4.69, 9.17) is 5.73 Å². The van der Waals surface area contributed by atoms with Crippen LogP contribution in [0.15, 0.2) is 25.3 Å². The van der Waals surface area contributed by atoms with Gasteiger partial charge in [0.1, 0.15) is 0 Å². The predicted molar refractivity (Wildman–Crippen MR) is 64.3 cm³/mol. The largest absolute Gasteiger partial charge is 0.323 e. The molecule has 0 aromatic carbocycles. The molecule has 0 atom stereocenters. The maximum absolute atomic E-state index is 6.29. The van der Waals surface area contributed by atoms with Crippen molar-refractivity contribution in [3.63, 3.8) is 0 Å². The van der Waals surface area contributed by atoms with E-state index in [9.17, 15) is 0 Å². The third-order valence-electron chi connectivity index (χ3n) is 2.53. The summed E-state index contributed by atoms with van der Waals surface area (Å²) < 4.78 is 0. The van der Waals surface area contributed by atoms with E-state index in [0.717, 1.165) is 32.5 Å². The zero-order valence-electron chi connectivity index (χ0n) is 9.63. The molecule has 0 aliphatic rings. The minimum Gasteiger partial charge on any atom is -0.323 e. The lowest BCUT2D eigenvalue weighted by Crippen LogP contribution is -2.49. The van der Waals surface area contributed by atoms with Crippen LogP contribution in [0, 0.1) is 0 Å². The van der Waals surface area contributed by atoms with E-state index in [1.54, 1.807) is 0 Å². The van der Waals surface area contributed by atoms with Gasteiger partial charge in [0, 0.05) is 12.1 Å². The standard InChI is InChI=1S/C12H24N2/c1-5-9-12(13,10-6-2)11-14(7-3)8-4/h5-6H,1-2,7-11,13H2,3-4H3. The molecule has 0 spiro atoms. The van der Waals surface area contributed by atoms with Crippen molar-refractivity contribution in [2.45, 2.75) is 32.2 Å². The Morgan fingerprint density at radius 1 is 1.14 bits per heavy atom. The molecule has 0 aliphatic heterocycles. The summed E-state index contributed by atoms with van der Waals surface area (Å²) >= 11 is 0. The lowest BCUT2D eigenvalue weighted by molar-refractivity contribution is 0.226. The van der Waals surface area contributed by atoms with E-state index in [-0.39, 0.29) is 5.54 Å². The highest BCUT2D eigenvalue weighted by Crippen LogP contribution is 2.15. The van der Waals surface area contributed by atoms with Gasteiger partial charge in [-0.15, -0.1) is 13.2 Å². The van der Waals surface area contributed by atoms with Crippen LogP contribution in [0.1, 0.15) is 26.7 Å². The van der Waals surface area contributed by atoms with Gasteiger partial charge >= 0.3 is 0 Å². The molecule has 14 heavy (non-hydrogen) atoms. The number of nitrogens with two attached hydrogens (primary N) is 1. The number of rotatable bonds is 8. The molecule has 0 aliphatic carbocycles. The smallest absolute Gasteiger partial charge is 0.0352 e. The highest BCUT2D eigenvalue weighted by Gasteiger charge is 2.23. The first-order valence-electron chi connectivity index (χ1n) is 5.35. The molecular formula is C12H24N2. The lowest BCUT2D eigenvalue weighted by Gasteiger charge is -2.33. The monoisotopic (exact) mass is 196 g/mol. The molecule has 0 aromatic rings. The van der Waals surface area contributed by atoms with Crippen LogP contribution >= 0.6 is 0 Å². The van der Waals surface area contributed by atoms with Crippen molar-refractivity contribution in [1.82, 2.24) is 4.90 Å². The van der Waals surface area contributed by atoms with Crippen LogP contribution in [0.3, 0.4) is 0 Å². The molecule has 2 heteroatoms. The Kier molecular flexibility index (Phi) is 6.50. The Labute approximate surface area is 88.5 Å². The minimum absolute atomic E-state index is 0.185. The summed E-state index contributed by atoms with van der Waals surface area (Å²) in [7, 11) is 0. The Hall–Kier alpha value is -0.600. The zero-order valence-corrected chi connectivity index (χ0v) is 9.63. The van der Waals surface area contributed by atoms with E-state index < -0.39 is 0 Å². The van der Waals surface area contributed by atoms with Crippen LogP contribution in [0.5, 0.6) is 0 Å². The van der Waals surface area contributed by atoms with Crippen molar-refractivity contribution < 1.29 is 0 Å². The van der Waals surface area contributed by atoms with Crippen LogP contribution < -0.4 is 5.73 Å². The van der Waals surface area contributed by atoms with Gasteiger partial charge in [-0.2, -0.15) is 0 Å². The molecule has 2 nitrogen and oxygen atoms in total. The van der Waals surface area contributed by atoms with Crippen molar-refractivity contribution >= 4 is 0 Å². The van der Waals surface area contributed by atoms with Gasteiger partial charge in [0.05, 0.1) is 0 Å². The summed E-state index contributed by atoms with van der Waals surface area (Å²) in [5.74, 6) is 0. The first-order valence-corrected chi connectivity index (χ1v) is 5.35. The number of nitrogens with zero attached hydrogens (tertiary/aromatic N) is 1. The van der Waals surface area contributed by atoms with Gasteiger partial charge in [0.25, 0.3) is 0 Å². The maximum Gasteiger partial charge on any atom is 0.0352 e. The molecular weight excluding hydrogens is 172 g/mol. The summed E-state index contributed by atoms with van der Waals surface area (Å²) in [6.07, 6.45) is 5.48. The first kappa shape index (κ1) is 13.4. The molecule has 0 saturated carbocycles. The Bertz CT molecular complexity index is 161. The number of likely N-dealkylation sites (N-methyl/N-ethyl adjacent to an activating group) is 1. The SMILES string of the molecule is C=CCC(N)(CC=C)CN(CC)CC. The zero-order chi connectivity index (χ0) is 11.0. The fourth-order valence-electron chi connectivity index (χ4n) is 1.68. The molecule has 0 amide bonds. The molecule has 0 unspecified atom stereocenters. The summed E-state index contributed by atoms with van der Waals surface area (Å²) in [6.45, 7) is 14.8. The summed E-state index contributed by atoms with van der Waals surface area (Å²) in [6, 6.07) is 0. The second kappa shape index (κ2) is 6.80. The fraction of sp³-hybridized carbons (Fsp3) is 0.667. The topological polar surface area (TPSA) is 29.3 Å². The third kappa shape index (κ3) is 4.58. The average Bonchev–Trinajstić information content (AvgIpc) is 2.15. The Balaban J connectivity index is 4.31. The highest BCUT2D eigenvalue weighted by molar-refractivity contribution is 4.97. The van der Waals surface area contributed by atoms with Crippen LogP contribution in [0.4, 0.5) is 0 Å². The van der Waals surface area contributed by atoms with E-state index in [0.29, 0.717) is 0 Å². The molecule has 0 saturated heterocycles. The maximum atomic E-state index is 6.29. The molecule has 0 fully saturated rings. The van der Waals surface area contributed by atoms with Gasteiger partial charge in [-0.05, 0) is 25.9 Å². The molecule has 2 N–H and O–H groups in total. The van der Waals surface area contributed by atoms with Gasteiger partial charge in [-0.3, -0.25) is 0 Å². The van der Waals surface area contributed by atoms with Crippen LogP contribution in [-0.4, -0.2) is 30.1 Å². The Morgan fingerprint density at radius 2 is 1.57 bits per heavy atom. The number of hydrogen-bond acceptors (Lipinski definition) is 2. The van der Waals surface area contributed by atoms with Gasteiger partial charge in [0.2, 0.25) is 0 Å². The molecule has 0 rings (SSSR count). The van der Waals surface area contributed by atoms with Gasteiger partial charge in [0.15, 0.2) is 0 Å². The van der Waals surface area contributed by atoms with E-state index in [1.165, 1.54) is 0 Å². The molecule has 82 valence electrons. The normalized spacial score (nSPS) is 11.7. The summed E-state index contributed by atoms with van der Waals surface area (Å²) in [5, 5.41) is 0. The van der Waals surface area contributed by atoms with E-state index in [2.05, 4.69) is 31.9 Å². The highest BCUT2D eigenvalue weighted by atomic mass is 15.1. The molecule has 0 radical (unpaired) electrons. The number of hydrogen-bond donors (Lipinski definition) is 1. The van der Waals surface area contributed by atoms with Crippen molar-refractivity contribution in [1.29, 1.82) is 0 Å². The van der Waals surface area contributed by atoms with E-state index in [1.807, 2.05) is 12.2 Å². The lowest BCUT2D eigenvalue weighted by atomic mass is 9.91. The van der Waals surface area contributed by atoms with Crippen LogP contribution in [0.2, 0.25) is 0 Å². The predicted octanol–water partition coefficient (Wildman–Crippen LogP) is 2.18. The molecule has 0 heterocycles. The van der Waals surface area contributed by atoms with Crippen molar-refractivity contribution in [2.24, 2.45) is 5.73 Å². The van der Waals surface area contributed by atoms with Crippen molar-refractivity contribution in [3.8, 4) is 0 Å². The van der Waals surface area contributed by atoms with Crippen molar-refractivity contribution in [3.05, 3.63) is 25.3 Å². The average molecular weight is 196 g/mol. The van der Waals surface area contributed by atoms with Gasteiger partial charge in [-0.1, -0.05) is 26.0 Å². The van der Waals surface area contributed by atoms with Crippen molar-refractivity contribution in [2.75, 3.05) is 19.6 Å². The second-order valence-electron chi connectivity index (χ2n) is 3.81. The first-order chi connectivity index (χ1) is 6.61. The van der Waals surface area contributed by atoms with E-state index >= 15 is 0 Å². The van der Waals surface area contributed by atoms with Gasteiger partial charge < -0.3 is 10.6 Å². The molecule has 0 aromatic heterocycles. The fourth-order valence-corrected chi connectivity index (χ4v) is 1.68. The third-order valence-corrected chi connectivity index (χ3v) is 2.53. The quantitative estimate of drug-likeness (QED) is 0.603. The minimum atomic E-state index is -0.185. The Morgan fingerprint density at radius 3 is 1.86 bits per heavy atom. The van der Waals surface area contributed by atoms with Crippen LogP contribution in [-0.2, 0) is 0 Å². The summed E-state index contributed by atoms with van der Waals surface area (Å²) in [4.78, 5) is 2.34. The summed E-state index contributed by atoms with van der Waals surface area (Å²) in [5.41, 5.74) is 6.10. The van der Waals surface area contributed by atoms with Crippen LogP contribution in [0.25, 0.3) is 0 Å². The van der Waals surface area contributed by atoms with Gasteiger partial charge in [-0.25, -0.2) is 0 Å². The second-order valence-corrected chi connectivity index (χ2v) is 3.81. The molecule has 0 bridgehead atoms.